The first kappa shape index (κ1) is 14.1. The van der Waals surface area contributed by atoms with Crippen LogP contribution >= 0.6 is 8.60 Å². The average Bonchev–Trinajstić information content (AvgIpc) is 2.16. The topological polar surface area (TPSA) is 27.7 Å². The lowest BCUT2D eigenvalue weighted by Gasteiger charge is -2.33. The monoisotopic (exact) mass is 264 g/mol. The Labute approximate surface area is 92.1 Å². The van der Waals surface area contributed by atoms with Crippen LogP contribution in [0.3, 0.4) is 0 Å². The molecule has 0 atom stereocenters. The van der Waals surface area contributed by atoms with Crippen molar-refractivity contribution >= 4 is 8.60 Å². The van der Waals surface area contributed by atoms with Crippen LogP contribution < -0.4 is 0 Å². The lowest BCUT2D eigenvalue weighted by atomic mass is 9.97. The molecule has 3 nitrogen and oxygen atoms in total. The molecule has 0 N–H and O–H groups in total. The van der Waals surface area contributed by atoms with Gasteiger partial charge in [-0.15, -0.1) is 0 Å². The smallest absolute Gasteiger partial charge is 0.312 e. The highest BCUT2D eigenvalue weighted by molar-refractivity contribution is 7.41. The van der Waals surface area contributed by atoms with Gasteiger partial charge in [-0.25, -0.2) is 8.78 Å². The molecule has 0 unspecified atom stereocenters. The zero-order valence-electron chi connectivity index (χ0n) is 8.88. The molecule has 96 valence electrons. The Morgan fingerprint density at radius 1 is 1.31 bits per heavy atom. The summed E-state index contributed by atoms with van der Waals surface area (Å²) in [7, 11) is -1.93. The highest BCUT2D eigenvalue weighted by Gasteiger charge is 2.43. The number of rotatable bonds is 4. The van der Waals surface area contributed by atoms with Crippen LogP contribution in [0.5, 0.6) is 0 Å². The molecular formula is C8H13F4O3P. The van der Waals surface area contributed by atoms with Crippen LogP contribution in [0.15, 0.2) is 0 Å². The summed E-state index contributed by atoms with van der Waals surface area (Å²) in [5, 5.41) is 0. The maximum absolute atomic E-state index is 12.5. The largest absolute Gasteiger partial charge is 0.332 e. The van der Waals surface area contributed by atoms with Crippen LogP contribution in [-0.4, -0.2) is 32.2 Å². The second kappa shape index (κ2) is 5.12. The summed E-state index contributed by atoms with van der Waals surface area (Å²) >= 11 is 0. The third-order valence-corrected chi connectivity index (χ3v) is 2.82. The molecule has 0 aliphatic carbocycles. The Morgan fingerprint density at radius 2 is 1.81 bits per heavy atom. The molecule has 0 aromatic rings. The van der Waals surface area contributed by atoms with Crippen LogP contribution in [0.1, 0.15) is 13.8 Å². The average molecular weight is 264 g/mol. The van der Waals surface area contributed by atoms with E-state index in [1.807, 2.05) is 13.8 Å². The van der Waals surface area contributed by atoms with Gasteiger partial charge in [0, 0.05) is 5.41 Å². The van der Waals surface area contributed by atoms with Gasteiger partial charge in [0.15, 0.2) is 0 Å². The number of alkyl halides is 4. The van der Waals surface area contributed by atoms with Crippen molar-refractivity contribution in [2.45, 2.75) is 26.2 Å². The second-order valence-corrected chi connectivity index (χ2v) is 5.49. The molecule has 8 heteroatoms. The highest BCUT2D eigenvalue weighted by atomic mass is 31.2. The lowest BCUT2D eigenvalue weighted by molar-refractivity contribution is -0.151. The van der Waals surface area contributed by atoms with Crippen molar-refractivity contribution in [1.82, 2.24) is 0 Å². The third-order valence-electron chi connectivity index (χ3n) is 1.80. The molecule has 1 fully saturated rings. The van der Waals surface area contributed by atoms with Crippen molar-refractivity contribution in [3.8, 4) is 0 Å². The molecule has 16 heavy (non-hydrogen) atoms. The Hall–Kier alpha value is 0.0300. The molecule has 0 aromatic heterocycles. The van der Waals surface area contributed by atoms with Crippen LogP contribution in [-0.2, 0) is 13.6 Å². The Morgan fingerprint density at radius 3 is 2.25 bits per heavy atom. The summed E-state index contributed by atoms with van der Waals surface area (Å²) in [5.41, 5.74) is -0.215. The van der Waals surface area contributed by atoms with Crippen molar-refractivity contribution in [2.75, 3.05) is 19.8 Å². The minimum atomic E-state index is -4.16. The van der Waals surface area contributed by atoms with Gasteiger partial charge in [0.2, 0.25) is 0 Å². The standard InChI is InChI=1S/C8H13F4O3P/c1-7(2)3-13-16(14-4-7)15-5-8(11,12)6(9)10/h6H,3-5H2,1-2H3. The maximum atomic E-state index is 12.5. The van der Waals surface area contributed by atoms with E-state index < -0.39 is 27.6 Å². The lowest BCUT2D eigenvalue weighted by Crippen LogP contribution is -2.33. The summed E-state index contributed by atoms with van der Waals surface area (Å²) in [5.74, 6) is -4.16. The third kappa shape index (κ3) is 4.13. The summed E-state index contributed by atoms with van der Waals surface area (Å²) in [6, 6.07) is 0. The van der Waals surface area contributed by atoms with Crippen molar-refractivity contribution in [3.63, 3.8) is 0 Å². The molecule has 0 aromatic carbocycles. The zero-order chi connectivity index (χ0) is 12.4. The first-order valence-corrected chi connectivity index (χ1v) is 5.67. The molecule has 1 aliphatic heterocycles. The molecule has 0 bridgehead atoms. The maximum Gasteiger partial charge on any atom is 0.332 e. The van der Waals surface area contributed by atoms with Crippen LogP contribution in [0, 0.1) is 5.41 Å². The predicted octanol–water partition coefficient (Wildman–Crippen LogP) is 3.20. The van der Waals surface area contributed by atoms with Crippen molar-refractivity contribution in [3.05, 3.63) is 0 Å². The summed E-state index contributed by atoms with van der Waals surface area (Å²) in [6.45, 7) is 2.93. The van der Waals surface area contributed by atoms with E-state index in [0.717, 1.165) is 0 Å². The molecule has 1 heterocycles. The van der Waals surface area contributed by atoms with Crippen LogP contribution in [0.2, 0.25) is 0 Å². The van der Waals surface area contributed by atoms with Gasteiger partial charge in [0.1, 0.15) is 6.61 Å². The summed E-state index contributed by atoms with van der Waals surface area (Å²) in [6.07, 6.45) is -3.75. The molecule has 0 amide bonds. The Bertz CT molecular complexity index is 227. The Balaban J connectivity index is 2.30. The SMILES string of the molecule is CC1(C)COP(OCC(F)(F)C(F)F)OC1. The van der Waals surface area contributed by atoms with Gasteiger partial charge in [0.05, 0.1) is 13.2 Å². The van der Waals surface area contributed by atoms with E-state index in [-0.39, 0.29) is 5.41 Å². The van der Waals surface area contributed by atoms with Gasteiger partial charge in [-0.3, -0.25) is 0 Å². The number of hydrogen-bond donors (Lipinski definition) is 0. The fraction of sp³-hybridized carbons (Fsp3) is 1.00. The summed E-state index contributed by atoms with van der Waals surface area (Å²) in [4.78, 5) is 0. The zero-order valence-corrected chi connectivity index (χ0v) is 9.78. The van der Waals surface area contributed by atoms with Gasteiger partial charge in [-0.05, 0) is 0 Å². The van der Waals surface area contributed by atoms with Gasteiger partial charge in [-0.2, -0.15) is 8.78 Å². The molecule has 0 radical (unpaired) electrons. The predicted molar refractivity (Wildman–Crippen MR) is 49.5 cm³/mol. The first-order valence-electron chi connectivity index (χ1n) is 4.58. The molecular weight excluding hydrogens is 251 g/mol. The quantitative estimate of drug-likeness (QED) is 0.576. The van der Waals surface area contributed by atoms with Crippen LogP contribution in [0.25, 0.3) is 0 Å². The van der Waals surface area contributed by atoms with E-state index in [9.17, 15) is 17.6 Å². The summed E-state index contributed by atoms with van der Waals surface area (Å²) < 4.78 is 63.0. The molecule has 1 saturated heterocycles. The van der Waals surface area contributed by atoms with Crippen molar-refractivity contribution in [1.29, 1.82) is 0 Å². The normalized spacial score (nSPS) is 22.7. The van der Waals surface area contributed by atoms with E-state index in [4.69, 9.17) is 9.05 Å². The van der Waals surface area contributed by atoms with E-state index in [1.54, 1.807) is 0 Å². The van der Waals surface area contributed by atoms with Gasteiger partial charge >= 0.3 is 21.0 Å². The number of hydrogen-bond acceptors (Lipinski definition) is 3. The fourth-order valence-electron chi connectivity index (χ4n) is 0.810. The fourth-order valence-corrected chi connectivity index (χ4v) is 2.22. The molecule has 0 saturated carbocycles. The van der Waals surface area contributed by atoms with E-state index in [2.05, 4.69) is 4.52 Å². The van der Waals surface area contributed by atoms with Gasteiger partial charge in [0.25, 0.3) is 0 Å². The van der Waals surface area contributed by atoms with E-state index in [0.29, 0.717) is 13.2 Å². The second-order valence-electron chi connectivity index (χ2n) is 4.27. The number of halogens is 4. The van der Waals surface area contributed by atoms with E-state index >= 15 is 0 Å². The molecule has 1 rings (SSSR count). The van der Waals surface area contributed by atoms with E-state index in [1.165, 1.54) is 0 Å². The Kier molecular flexibility index (Phi) is 4.51. The minimum Gasteiger partial charge on any atom is -0.312 e. The van der Waals surface area contributed by atoms with Crippen molar-refractivity contribution in [2.24, 2.45) is 5.41 Å². The van der Waals surface area contributed by atoms with Crippen LogP contribution in [0.4, 0.5) is 17.6 Å². The highest BCUT2D eigenvalue weighted by Crippen LogP contribution is 2.47. The minimum absolute atomic E-state index is 0.215. The first-order chi connectivity index (χ1) is 7.23. The van der Waals surface area contributed by atoms with Crippen molar-refractivity contribution < 1.29 is 31.1 Å². The molecule has 0 spiro atoms. The van der Waals surface area contributed by atoms with Gasteiger partial charge < -0.3 is 13.6 Å². The van der Waals surface area contributed by atoms with Gasteiger partial charge in [-0.1, -0.05) is 13.8 Å². The molecule has 1 aliphatic rings.